The number of carbonyl (C=O) groups excluding carboxylic acids is 1. The van der Waals surface area contributed by atoms with E-state index in [0.29, 0.717) is 6.61 Å². The van der Waals surface area contributed by atoms with Crippen LogP contribution >= 0.6 is 11.6 Å². The molecule has 4 rings (SSSR count). The van der Waals surface area contributed by atoms with Gasteiger partial charge in [-0.2, -0.15) is 5.10 Å². The molecule has 168 valence electrons. The lowest BCUT2D eigenvalue weighted by Crippen LogP contribution is -2.32. The molecule has 1 fully saturated rings. The molecule has 1 unspecified atom stereocenters. The molecule has 0 radical (unpaired) electrons. The second-order valence-electron chi connectivity index (χ2n) is 7.09. The van der Waals surface area contributed by atoms with Crippen LogP contribution in [0.3, 0.4) is 0 Å². The van der Waals surface area contributed by atoms with Crippen LogP contribution in [0.4, 0.5) is 10.1 Å². The van der Waals surface area contributed by atoms with Crippen molar-refractivity contribution in [1.82, 2.24) is 19.5 Å². The van der Waals surface area contributed by atoms with Gasteiger partial charge in [-0.3, -0.25) is 4.79 Å². The van der Waals surface area contributed by atoms with E-state index in [1.165, 1.54) is 47.7 Å². The third-order valence-electron chi connectivity index (χ3n) is 4.88. The van der Waals surface area contributed by atoms with Gasteiger partial charge in [0.25, 0.3) is 5.91 Å². The predicted molar refractivity (Wildman–Crippen MR) is 115 cm³/mol. The van der Waals surface area contributed by atoms with Gasteiger partial charge >= 0.3 is 0 Å². The average Bonchev–Trinajstić information content (AvgIpc) is 3.47. The van der Waals surface area contributed by atoms with Crippen molar-refractivity contribution < 1.29 is 22.3 Å². The van der Waals surface area contributed by atoms with E-state index >= 15 is 0 Å². The van der Waals surface area contributed by atoms with Gasteiger partial charge in [0.2, 0.25) is 10.0 Å². The number of aromatic nitrogens is 3. The number of nitrogens with one attached hydrogen (secondary N) is 2. The van der Waals surface area contributed by atoms with Gasteiger partial charge in [0.05, 0.1) is 11.1 Å². The summed E-state index contributed by atoms with van der Waals surface area (Å²) in [5.41, 5.74) is 0.401. The Morgan fingerprint density at radius 1 is 1.28 bits per heavy atom. The van der Waals surface area contributed by atoms with Crippen molar-refractivity contribution in [3.05, 3.63) is 65.5 Å². The summed E-state index contributed by atoms with van der Waals surface area (Å²) in [6, 6.07) is 7.95. The first-order chi connectivity index (χ1) is 15.3. The number of carbonyl (C=O) groups is 1. The maximum atomic E-state index is 14.4. The molecular formula is C20H19ClFN5O4S. The minimum Gasteiger partial charge on any atom is -0.377 e. The Hall–Kier alpha value is -2.86. The Bertz CT molecular complexity index is 1230. The number of halogens is 2. The number of hydrogen-bond acceptors (Lipinski definition) is 6. The number of hydrogen-bond donors (Lipinski definition) is 2. The van der Waals surface area contributed by atoms with Crippen molar-refractivity contribution in [3.63, 3.8) is 0 Å². The van der Waals surface area contributed by atoms with Crippen LogP contribution in [-0.4, -0.2) is 48.3 Å². The molecule has 2 N–H and O–H groups in total. The Labute approximate surface area is 188 Å². The van der Waals surface area contributed by atoms with Crippen molar-refractivity contribution in [2.45, 2.75) is 23.8 Å². The van der Waals surface area contributed by atoms with Crippen LogP contribution in [-0.2, 0) is 14.8 Å². The van der Waals surface area contributed by atoms with Crippen LogP contribution < -0.4 is 10.0 Å². The van der Waals surface area contributed by atoms with E-state index in [4.69, 9.17) is 16.3 Å². The van der Waals surface area contributed by atoms with Gasteiger partial charge in [-0.05, 0) is 49.2 Å². The highest BCUT2D eigenvalue weighted by atomic mass is 35.5. The second kappa shape index (κ2) is 9.33. The van der Waals surface area contributed by atoms with Crippen LogP contribution in [0, 0.1) is 5.82 Å². The minimum atomic E-state index is -3.96. The normalized spacial score (nSPS) is 16.2. The molecule has 1 amide bonds. The fourth-order valence-electron chi connectivity index (χ4n) is 3.24. The zero-order chi connectivity index (χ0) is 22.7. The Morgan fingerprint density at radius 3 is 2.81 bits per heavy atom. The zero-order valence-electron chi connectivity index (χ0n) is 16.7. The number of rotatable bonds is 7. The quantitative estimate of drug-likeness (QED) is 0.538. The average molecular weight is 480 g/mol. The first kappa shape index (κ1) is 22.3. The summed E-state index contributed by atoms with van der Waals surface area (Å²) in [6.07, 6.45) is 4.08. The van der Waals surface area contributed by atoms with Gasteiger partial charge in [-0.25, -0.2) is 27.2 Å². The smallest absolute Gasteiger partial charge is 0.255 e. The number of nitrogens with zero attached hydrogens (tertiary/aromatic N) is 3. The highest BCUT2D eigenvalue weighted by Crippen LogP contribution is 2.24. The second-order valence-corrected chi connectivity index (χ2v) is 9.24. The SMILES string of the molecule is O=C(Nc1ccc(-n2cncn2)c(F)c1)c1ccc(Cl)c(S(=O)(=O)NCC2CCCO2)c1. The van der Waals surface area contributed by atoms with E-state index in [0.717, 1.165) is 18.9 Å². The van der Waals surface area contributed by atoms with Crippen LogP contribution in [0.25, 0.3) is 5.69 Å². The lowest BCUT2D eigenvalue weighted by molar-refractivity contribution is 0.102. The molecule has 2 heterocycles. The van der Waals surface area contributed by atoms with Crippen molar-refractivity contribution in [2.75, 3.05) is 18.5 Å². The number of benzene rings is 2. The third-order valence-corrected chi connectivity index (χ3v) is 6.78. The maximum Gasteiger partial charge on any atom is 0.255 e. The monoisotopic (exact) mass is 479 g/mol. The first-order valence-electron chi connectivity index (χ1n) is 9.70. The van der Waals surface area contributed by atoms with Gasteiger partial charge in [-0.1, -0.05) is 11.6 Å². The van der Waals surface area contributed by atoms with E-state index in [-0.39, 0.29) is 39.5 Å². The Morgan fingerprint density at radius 2 is 2.12 bits per heavy atom. The standard InChI is InChI=1S/C20H19ClFN5O4S/c21-16-5-3-13(8-19(16)32(29,30)25-10-15-2-1-7-31-15)20(28)26-14-4-6-18(17(22)9-14)27-12-23-11-24-27/h3-6,8-9,11-12,15,25H,1-2,7,10H2,(H,26,28). The molecule has 1 saturated heterocycles. The molecule has 0 spiro atoms. The lowest BCUT2D eigenvalue weighted by atomic mass is 10.2. The molecule has 0 saturated carbocycles. The van der Waals surface area contributed by atoms with E-state index in [2.05, 4.69) is 20.1 Å². The summed E-state index contributed by atoms with van der Waals surface area (Å²) < 4.78 is 48.9. The van der Waals surface area contributed by atoms with Crippen LogP contribution in [0.5, 0.6) is 0 Å². The van der Waals surface area contributed by atoms with Crippen LogP contribution in [0.1, 0.15) is 23.2 Å². The lowest BCUT2D eigenvalue weighted by Gasteiger charge is -2.13. The fraction of sp³-hybridized carbons (Fsp3) is 0.250. The molecule has 0 bridgehead atoms. The van der Waals surface area contributed by atoms with E-state index in [9.17, 15) is 17.6 Å². The maximum absolute atomic E-state index is 14.4. The Balaban J connectivity index is 1.50. The highest BCUT2D eigenvalue weighted by molar-refractivity contribution is 7.89. The van der Waals surface area contributed by atoms with Crippen molar-refractivity contribution in [1.29, 1.82) is 0 Å². The van der Waals surface area contributed by atoms with Gasteiger partial charge in [-0.15, -0.1) is 0 Å². The summed E-state index contributed by atoms with van der Waals surface area (Å²) in [7, 11) is -3.96. The molecule has 1 aliphatic rings. The highest BCUT2D eigenvalue weighted by Gasteiger charge is 2.23. The van der Waals surface area contributed by atoms with Gasteiger partial charge in [0, 0.05) is 24.4 Å². The molecule has 0 aliphatic carbocycles. The first-order valence-corrected chi connectivity index (χ1v) is 11.6. The molecule has 2 aromatic carbocycles. The Kier molecular flexibility index (Phi) is 6.51. The zero-order valence-corrected chi connectivity index (χ0v) is 18.2. The van der Waals surface area contributed by atoms with Crippen LogP contribution in [0.15, 0.2) is 53.9 Å². The van der Waals surface area contributed by atoms with Crippen molar-refractivity contribution in [3.8, 4) is 5.69 Å². The summed E-state index contributed by atoms with van der Waals surface area (Å²) in [6.45, 7) is 0.718. The summed E-state index contributed by atoms with van der Waals surface area (Å²) >= 11 is 6.08. The van der Waals surface area contributed by atoms with E-state index in [1.807, 2.05) is 0 Å². The molecule has 3 aromatic rings. The number of anilines is 1. The van der Waals surface area contributed by atoms with Gasteiger partial charge in [0.1, 0.15) is 23.2 Å². The number of ether oxygens (including phenoxy) is 1. The summed E-state index contributed by atoms with van der Waals surface area (Å²) in [5.74, 6) is -1.24. The number of amides is 1. The van der Waals surface area contributed by atoms with Crippen LogP contribution in [0.2, 0.25) is 5.02 Å². The molecule has 1 aromatic heterocycles. The number of sulfonamides is 1. The van der Waals surface area contributed by atoms with Gasteiger partial charge < -0.3 is 10.1 Å². The molecule has 1 atom stereocenters. The molecule has 9 nitrogen and oxygen atoms in total. The fourth-order valence-corrected chi connectivity index (χ4v) is 4.83. The summed E-state index contributed by atoms with van der Waals surface area (Å²) in [4.78, 5) is 16.2. The minimum absolute atomic E-state index is 0.0235. The topological polar surface area (TPSA) is 115 Å². The molecule has 32 heavy (non-hydrogen) atoms. The van der Waals surface area contributed by atoms with E-state index in [1.54, 1.807) is 0 Å². The predicted octanol–water partition coefficient (Wildman–Crippen LogP) is 2.77. The van der Waals surface area contributed by atoms with Gasteiger partial charge in [0.15, 0.2) is 5.82 Å². The third kappa shape index (κ3) is 4.96. The summed E-state index contributed by atoms with van der Waals surface area (Å²) in [5, 5.41) is 6.38. The van der Waals surface area contributed by atoms with E-state index < -0.39 is 21.7 Å². The molecular weight excluding hydrogens is 461 g/mol. The van der Waals surface area contributed by atoms with Crippen molar-refractivity contribution in [2.24, 2.45) is 0 Å². The molecule has 12 heteroatoms. The molecule has 1 aliphatic heterocycles. The largest absolute Gasteiger partial charge is 0.377 e. The van der Waals surface area contributed by atoms with Crippen molar-refractivity contribution >= 4 is 33.2 Å².